The second-order valence-corrected chi connectivity index (χ2v) is 5.62. The van der Waals surface area contributed by atoms with Crippen LogP contribution < -0.4 is 5.73 Å². The van der Waals surface area contributed by atoms with Gasteiger partial charge in [0.2, 0.25) is 0 Å². The Hall–Kier alpha value is -0.160. The molecule has 4 nitrogen and oxygen atoms in total. The van der Waals surface area contributed by atoms with E-state index in [0.717, 1.165) is 26.3 Å². The van der Waals surface area contributed by atoms with Gasteiger partial charge in [-0.15, -0.1) is 0 Å². The maximum Gasteiger partial charge on any atom is 0.0624 e. The highest BCUT2D eigenvalue weighted by molar-refractivity contribution is 4.93. The van der Waals surface area contributed by atoms with Crippen molar-refractivity contribution in [2.75, 3.05) is 46.6 Å². The van der Waals surface area contributed by atoms with Crippen LogP contribution in [-0.2, 0) is 9.47 Å². The van der Waals surface area contributed by atoms with Gasteiger partial charge in [0, 0.05) is 31.7 Å². The van der Waals surface area contributed by atoms with E-state index in [1.807, 2.05) is 0 Å². The number of ether oxygens (including phenoxy) is 2. The molecule has 0 saturated carbocycles. The van der Waals surface area contributed by atoms with Gasteiger partial charge in [-0.3, -0.25) is 0 Å². The Balaban J connectivity index is 1.82. The van der Waals surface area contributed by atoms with Crippen LogP contribution in [0.5, 0.6) is 0 Å². The number of likely N-dealkylation sites (tertiary alicyclic amines) is 1. The number of nitrogens with two attached hydrogens (primary N) is 1. The lowest BCUT2D eigenvalue weighted by atomic mass is 9.85. The summed E-state index contributed by atoms with van der Waals surface area (Å²) in [6, 6.07) is 0.189. The minimum Gasteiger partial charge on any atom is -0.384 e. The van der Waals surface area contributed by atoms with E-state index in [2.05, 4.69) is 11.8 Å². The lowest BCUT2D eigenvalue weighted by Crippen LogP contribution is -2.46. The molecule has 94 valence electrons. The summed E-state index contributed by atoms with van der Waals surface area (Å²) in [6.45, 7) is 8.04. The molecule has 0 aromatic carbocycles. The van der Waals surface area contributed by atoms with Gasteiger partial charge in [-0.25, -0.2) is 0 Å². The van der Waals surface area contributed by atoms with Crippen LogP contribution in [0.25, 0.3) is 0 Å². The van der Waals surface area contributed by atoms with Crippen LogP contribution in [0.2, 0.25) is 0 Å². The van der Waals surface area contributed by atoms with E-state index in [4.69, 9.17) is 15.2 Å². The van der Waals surface area contributed by atoms with Crippen LogP contribution in [0.4, 0.5) is 0 Å². The van der Waals surface area contributed by atoms with Gasteiger partial charge in [0.1, 0.15) is 0 Å². The topological polar surface area (TPSA) is 47.7 Å². The Labute approximate surface area is 98.1 Å². The highest BCUT2D eigenvalue weighted by Crippen LogP contribution is 2.30. The first-order valence-corrected chi connectivity index (χ1v) is 6.19. The fourth-order valence-electron chi connectivity index (χ4n) is 2.83. The third-order valence-corrected chi connectivity index (χ3v) is 3.98. The average Bonchev–Trinajstić information content (AvgIpc) is 2.77. The summed E-state index contributed by atoms with van der Waals surface area (Å²) in [5.41, 5.74) is 6.25. The van der Waals surface area contributed by atoms with Crippen LogP contribution in [0.3, 0.4) is 0 Å². The summed E-state index contributed by atoms with van der Waals surface area (Å²) in [5, 5.41) is 0. The molecule has 4 heteroatoms. The standard InChI is InChI=1S/C12H24N2O2/c1-12(9-16-7-11(12)13)8-14-4-3-10(5-14)6-15-2/h10-11H,3-9,13H2,1-2H3. The molecule has 0 radical (unpaired) electrons. The summed E-state index contributed by atoms with van der Waals surface area (Å²) < 4.78 is 10.7. The Morgan fingerprint density at radius 2 is 2.38 bits per heavy atom. The minimum absolute atomic E-state index is 0.141. The molecule has 2 saturated heterocycles. The quantitative estimate of drug-likeness (QED) is 0.753. The van der Waals surface area contributed by atoms with E-state index in [1.165, 1.54) is 13.0 Å². The first kappa shape index (κ1) is 12.3. The number of hydrogen-bond acceptors (Lipinski definition) is 4. The third kappa shape index (κ3) is 2.56. The molecule has 0 aliphatic carbocycles. The molecule has 0 aromatic heterocycles. The van der Waals surface area contributed by atoms with Gasteiger partial charge in [0.25, 0.3) is 0 Å². The molecule has 2 N–H and O–H groups in total. The highest BCUT2D eigenvalue weighted by atomic mass is 16.5. The Bertz CT molecular complexity index is 237. The molecule has 16 heavy (non-hydrogen) atoms. The van der Waals surface area contributed by atoms with Crippen molar-refractivity contribution in [2.24, 2.45) is 17.1 Å². The van der Waals surface area contributed by atoms with Crippen molar-refractivity contribution >= 4 is 0 Å². The summed E-state index contributed by atoms with van der Waals surface area (Å²) >= 11 is 0. The summed E-state index contributed by atoms with van der Waals surface area (Å²) in [5.74, 6) is 0.701. The van der Waals surface area contributed by atoms with Crippen molar-refractivity contribution in [1.82, 2.24) is 4.90 Å². The zero-order valence-electron chi connectivity index (χ0n) is 10.4. The number of methoxy groups -OCH3 is 1. The number of rotatable bonds is 4. The molecule has 0 aromatic rings. The average molecular weight is 228 g/mol. The van der Waals surface area contributed by atoms with Crippen molar-refractivity contribution in [1.29, 1.82) is 0 Å². The molecular formula is C12H24N2O2. The molecule has 2 heterocycles. The van der Waals surface area contributed by atoms with Crippen molar-refractivity contribution in [3.63, 3.8) is 0 Å². The molecule has 0 spiro atoms. The molecular weight excluding hydrogens is 204 g/mol. The second kappa shape index (κ2) is 5.00. The van der Waals surface area contributed by atoms with E-state index >= 15 is 0 Å². The van der Waals surface area contributed by atoms with Crippen molar-refractivity contribution < 1.29 is 9.47 Å². The third-order valence-electron chi connectivity index (χ3n) is 3.98. The van der Waals surface area contributed by atoms with E-state index < -0.39 is 0 Å². The van der Waals surface area contributed by atoms with Crippen molar-refractivity contribution in [3.05, 3.63) is 0 Å². The Morgan fingerprint density at radius 3 is 3.00 bits per heavy atom. The summed E-state index contributed by atoms with van der Waals surface area (Å²) in [6.07, 6.45) is 1.25. The highest BCUT2D eigenvalue weighted by Gasteiger charge is 2.40. The van der Waals surface area contributed by atoms with Gasteiger partial charge in [-0.05, 0) is 18.9 Å². The first-order valence-electron chi connectivity index (χ1n) is 6.19. The number of nitrogens with zero attached hydrogens (tertiary/aromatic N) is 1. The van der Waals surface area contributed by atoms with Crippen molar-refractivity contribution in [2.45, 2.75) is 19.4 Å². The molecule has 2 fully saturated rings. The summed E-state index contributed by atoms with van der Waals surface area (Å²) in [4.78, 5) is 2.51. The van der Waals surface area contributed by atoms with Crippen LogP contribution >= 0.6 is 0 Å². The van der Waals surface area contributed by atoms with Gasteiger partial charge in [-0.2, -0.15) is 0 Å². The molecule has 3 atom stereocenters. The van der Waals surface area contributed by atoms with Gasteiger partial charge in [-0.1, -0.05) is 6.92 Å². The molecule has 2 rings (SSSR count). The maximum absolute atomic E-state index is 6.11. The van der Waals surface area contributed by atoms with Crippen LogP contribution in [0, 0.1) is 11.3 Å². The zero-order chi connectivity index (χ0) is 11.6. The Morgan fingerprint density at radius 1 is 1.56 bits per heavy atom. The van der Waals surface area contributed by atoms with Gasteiger partial charge in [0.15, 0.2) is 0 Å². The fourth-order valence-corrected chi connectivity index (χ4v) is 2.83. The van der Waals surface area contributed by atoms with Crippen molar-refractivity contribution in [3.8, 4) is 0 Å². The van der Waals surface area contributed by atoms with Crippen LogP contribution in [0.15, 0.2) is 0 Å². The monoisotopic (exact) mass is 228 g/mol. The lowest BCUT2D eigenvalue weighted by Gasteiger charge is -2.31. The van der Waals surface area contributed by atoms with E-state index in [1.54, 1.807) is 7.11 Å². The van der Waals surface area contributed by atoms with Crippen LogP contribution in [0.1, 0.15) is 13.3 Å². The lowest BCUT2D eigenvalue weighted by molar-refractivity contribution is 0.120. The molecule has 2 aliphatic rings. The van der Waals surface area contributed by atoms with Gasteiger partial charge < -0.3 is 20.1 Å². The molecule has 0 amide bonds. The van der Waals surface area contributed by atoms with Gasteiger partial charge >= 0.3 is 0 Å². The van der Waals surface area contributed by atoms with E-state index in [0.29, 0.717) is 12.5 Å². The largest absolute Gasteiger partial charge is 0.384 e. The smallest absolute Gasteiger partial charge is 0.0624 e. The van der Waals surface area contributed by atoms with Gasteiger partial charge in [0.05, 0.1) is 19.8 Å². The second-order valence-electron chi connectivity index (χ2n) is 5.62. The summed E-state index contributed by atoms with van der Waals surface area (Å²) in [7, 11) is 1.78. The van der Waals surface area contributed by atoms with E-state index in [9.17, 15) is 0 Å². The zero-order valence-corrected chi connectivity index (χ0v) is 10.4. The van der Waals surface area contributed by atoms with E-state index in [-0.39, 0.29) is 11.5 Å². The molecule has 3 unspecified atom stereocenters. The minimum atomic E-state index is 0.141. The predicted molar refractivity (Wildman–Crippen MR) is 63.3 cm³/mol. The first-order chi connectivity index (χ1) is 7.64. The predicted octanol–water partition coefficient (Wildman–Crippen LogP) is 0.319. The maximum atomic E-state index is 6.11. The normalized spacial score (nSPS) is 40.7. The fraction of sp³-hybridized carbons (Fsp3) is 1.00. The Kier molecular flexibility index (Phi) is 3.85. The SMILES string of the molecule is COCC1CCN(CC2(C)COCC2N)C1. The molecule has 0 bridgehead atoms. The van der Waals surface area contributed by atoms with Crippen LogP contribution in [-0.4, -0.2) is 57.5 Å². The number of hydrogen-bond donors (Lipinski definition) is 1. The molecule has 2 aliphatic heterocycles.